The van der Waals surface area contributed by atoms with Crippen molar-refractivity contribution >= 4 is 17.5 Å². The predicted octanol–water partition coefficient (Wildman–Crippen LogP) is 6.05. The molecule has 0 fully saturated rings. The Kier molecular flexibility index (Phi) is 8.30. The van der Waals surface area contributed by atoms with Crippen LogP contribution in [0.25, 0.3) is 0 Å². The minimum absolute atomic E-state index is 0.0293. The number of hydrogen-bond acceptors (Lipinski definition) is 2. The fraction of sp³-hybridized carbons (Fsp3) is 0.188. The van der Waals surface area contributed by atoms with Gasteiger partial charge in [-0.25, -0.2) is 0 Å². The summed E-state index contributed by atoms with van der Waals surface area (Å²) in [6, 6.07) is 33.7. The number of hydrogen-bond donors (Lipinski definition) is 1. The van der Waals surface area contributed by atoms with Crippen LogP contribution in [-0.2, 0) is 24.2 Å². The van der Waals surface area contributed by atoms with Gasteiger partial charge in [-0.2, -0.15) is 0 Å². The number of benzene rings is 4. The zero-order valence-electron chi connectivity index (χ0n) is 20.9. The van der Waals surface area contributed by atoms with Gasteiger partial charge in [-0.15, -0.1) is 0 Å². The van der Waals surface area contributed by atoms with Crippen molar-refractivity contribution < 1.29 is 9.59 Å². The number of carbonyl (C=O) groups is 2. The molecular weight excluding hydrogens is 444 g/mol. The number of aryl methyl sites for hydroxylation is 2. The van der Waals surface area contributed by atoms with Crippen molar-refractivity contribution in [3.8, 4) is 0 Å². The van der Waals surface area contributed by atoms with Gasteiger partial charge in [-0.05, 0) is 60.7 Å². The molecule has 0 aliphatic carbocycles. The van der Waals surface area contributed by atoms with Gasteiger partial charge in [0.05, 0.1) is 13.0 Å². The van der Waals surface area contributed by atoms with Crippen molar-refractivity contribution in [2.75, 3.05) is 11.4 Å². The SMILES string of the molecule is Cc1ccc(CN(C(=O)c2ccccc2C)c2cccc(CC(=O)NCCc3ccccc3)c2)cc1. The van der Waals surface area contributed by atoms with Crippen LogP contribution in [0.4, 0.5) is 5.69 Å². The summed E-state index contributed by atoms with van der Waals surface area (Å²) in [6.45, 7) is 5.04. The summed E-state index contributed by atoms with van der Waals surface area (Å²) in [6.07, 6.45) is 1.06. The third kappa shape index (κ3) is 6.70. The van der Waals surface area contributed by atoms with Gasteiger partial charge < -0.3 is 10.2 Å². The predicted molar refractivity (Wildman–Crippen MR) is 146 cm³/mol. The summed E-state index contributed by atoms with van der Waals surface area (Å²) in [7, 11) is 0. The van der Waals surface area contributed by atoms with E-state index >= 15 is 0 Å². The highest BCUT2D eigenvalue weighted by atomic mass is 16.2. The van der Waals surface area contributed by atoms with Crippen molar-refractivity contribution in [2.24, 2.45) is 0 Å². The maximum absolute atomic E-state index is 13.7. The minimum Gasteiger partial charge on any atom is -0.355 e. The van der Waals surface area contributed by atoms with Gasteiger partial charge in [0, 0.05) is 17.8 Å². The van der Waals surface area contributed by atoms with Gasteiger partial charge in [0.2, 0.25) is 5.91 Å². The van der Waals surface area contributed by atoms with Crippen LogP contribution in [0.1, 0.15) is 38.2 Å². The molecule has 0 saturated carbocycles. The van der Waals surface area contributed by atoms with E-state index in [1.54, 1.807) is 4.90 Å². The third-order valence-corrected chi connectivity index (χ3v) is 6.25. The molecular formula is C32H32N2O2. The number of anilines is 1. The zero-order chi connectivity index (χ0) is 25.3. The van der Waals surface area contributed by atoms with Crippen molar-refractivity contribution in [1.29, 1.82) is 0 Å². The van der Waals surface area contributed by atoms with E-state index in [0.717, 1.165) is 28.8 Å². The van der Waals surface area contributed by atoms with Crippen LogP contribution in [0.3, 0.4) is 0 Å². The van der Waals surface area contributed by atoms with Crippen LogP contribution in [0.2, 0.25) is 0 Å². The lowest BCUT2D eigenvalue weighted by molar-refractivity contribution is -0.120. The quantitative estimate of drug-likeness (QED) is 0.320. The molecule has 36 heavy (non-hydrogen) atoms. The first kappa shape index (κ1) is 24.9. The Balaban J connectivity index is 1.51. The first-order valence-electron chi connectivity index (χ1n) is 12.3. The summed E-state index contributed by atoms with van der Waals surface area (Å²) in [5.74, 6) is -0.0865. The van der Waals surface area contributed by atoms with E-state index in [0.29, 0.717) is 18.7 Å². The summed E-state index contributed by atoms with van der Waals surface area (Å²) in [4.78, 5) is 28.1. The molecule has 4 nitrogen and oxygen atoms in total. The fourth-order valence-corrected chi connectivity index (χ4v) is 4.19. The van der Waals surface area contributed by atoms with Crippen LogP contribution in [-0.4, -0.2) is 18.4 Å². The largest absolute Gasteiger partial charge is 0.355 e. The van der Waals surface area contributed by atoms with Crippen LogP contribution < -0.4 is 10.2 Å². The maximum Gasteiger partial charge on any atom is 0.258 e. The number of nitrogens with zero attached hydrogens (tertiary/aromatic N) is 1. The standard InChI is InChI=1S/C32H32N2O2/c1-24-15-17-27(18-16-24)23-34(32(36)30-14-7-6-9-25(30)2)29-13-8-12-28(21-29)22-31(35)33-20-19-26-10-4-3-5-11-26/h3-18,21H,19-20,22-23H2,1-2H3,(H,33,35). The summed E-state index contributed by atoms with van der Waals surface area (Å²) in [5.41, 5.74) is 6.68. The van der Waals surface area contributed by atoms with E-state index in [1.807, 2.05) is 73.7 Å². The molecule has 0 spiro atoms. The number of carbonyl (C=O) groups excluding carboxylic acids is 2. The van der Waals surface area contributed by atoms with Gasteiger partial charge in [0.25, 0.3) is 5.91 Å². The fourth-order valence-electron chi connectivity index (χ4n) is 4.19. The zero-order valence-corrected chi connectivity index (χ0v) is 20.9. The van der Waals surface area contributed by atoms with E-state index in [-0.39, 0.29) is 18.2 Å². The topological polar surface area (TPSA) is 49.4 Å². The minimum atomic E-state index is -0.0573. The van der Waals surface area contributed by atoms with Gasteiger partial charge in [0.15, 0.2) is 0 Å². The summed E-state index contributed by atoms with van der Waals surface area (Å²) >= 11 is 0. The molecule has 4 aromatic rings. The molecule has 1 N–H and O–H groups in total. The van der Waals surface area contributed by atoms with Crippen molar-refractivity contribution in [1.82, 2.24) is 5.32 Å². The Morgan fingerprint density at radius 3 is 2.17 bits per heavy atom. The molecule has 0 radical (unpaired) electrons. The van der Waals surface area contributed by atoms with E-state index in [4.69, 9.17) is 0 Å². The first-order valence-corrected chi connectivity index (χ1v) is 12.3. The lowest BCUT2D eigenvalue weighted by atomic mass is 10.0. The lowest BCUT2D eigenvalue weighted by Gasteiger charge is -2.24. The normalized spacial score (nSPS) is 10.6. The highest BCUT2D eigenvalue weighted by molar-refractivity contribution is 6.07. The number of nitrogens with one attached hydrogen (secondary N) is 1. The maximum atomic E-state index is 13.7. The second kappa shape index (κ2) is 12.0. The Bertz CT molecular complexity index is 1310. The number of amides is 2. The van der Waals surface area contributed by atoms with Gasteiger partial charge in [0.1, 0.15) is 0 Å². The molecule has 0 unspecified atom stereocenters. The summed E-state index contributed by atoms with van der Waals surface area (Å²) < 4.78 is 0. The molecule has 0 aliphatic heterocycles. The summed E-state index contributed by atoms with van der Waals surface area (Å²) in [5, 5.41) is 3.01. The Morgan fingerprint density at radius 1 is 0.722 bits per heavy atom. The molecule has 182 valence electrons. The average Bonchev–Trinajstić information content (AvgIpc) is 2.89. The second-order valence-corrected chi connectivity index (χ2v) is 9.12. The van der Waals surface area contributed by atoms with Crippen LogP contribution in [0, 0.1) is 13.8 Å². The molecule has 4 heteroatoms. The first-order chi connectivity index (χ1) is 17.5. The van der Waals surface area contributed by atoms with Crippen molar-refractivity contribution in [3.05, 3.63) is 137 Å². The van der Waals surface area contributed by atoms with Crippen LogP contribution in [0.15, 0.2) is 103 Å². The molecule has 0 heterocycles. The van der Waals surface area contributed by atoms with E-state index in [9.17, 15) is 9.59 Å². The van der Waals surface area contributed by atoms with E-state index < -0.39 is 0 Å². The highest BCUT2D eigenvalue weighted by Gasteiger charge is 2.20. The average molecular weight is 477 g/mol. The van der Waals surface area contributed by atoms with Crippen molar-refractivity contribution in [2.45, 2.75) is 33.2 Å². The highest BCUT2D eigenvalue weighted by Crippen LogP contribution is 2.23. The van der Waals surface area contributed by atoms with Crippen LogP contribution in [0.5, 0.6) is 0 Å². The smallest absolute Gasteiger partial charge is 0.258 e. The molecule has 0 aromatic heterocycles. The molecule has 0 bridgehead atoms. The molecule has 4 aromatic carbocycles. The van der Waals surface area contributed by atoms with Crippen LogP contribution >= 0.6 is 0 Å². The third-order valence-electron chi connectivity index (χ3n) is 6.25. The van der Waals surface area contributed by atoms with E-state index in [2.05, 4.69) is 48.6 Å². The molecule has 2 amide bonds. The monoisotopic (exact) mass is 476 g/mol. The van der Waals surface area contributed by atoms with E-state index in [1.165, 1.54) is 11.1 Å². The van der Waals surface area contributed by atoms with Gasteiger partial charge in [-0.1, -0.05) is 90.5 Å². The second-order valence-electron chi connectivity index (χ2n) is 9.12. The Labute approximate surface area is 213 Å². The Hall–Kier alpha value is -4.18. The molecule has 0 saturated heterocycles. The number of rotatable bonds is 9. The van der Waals surface area contributed by atoms with Crippen molar-refractivity contribution in [3.63, 3.8) is 0 Å². The Morgan fingerprint density at radius 2 is 1.42 bits per heavy atom. The molecule has 0 atom stereocenters. The molecule has 4 rings (SSSR count). The molecule has 0 aliphatic rings. The van der Waals surface area contributed by atoms with Gasteiger partial charge >= 0.3 is 0 Å². The lowest BCUT2D eigenvalue weighted by Crippen LogP contribution is -2.31. The van der Waals surface area contributed by atoms with Gasteiger partial charge in [-0.3, -0.25) is 9.59 Å².